The Morgan fingerprint density at radius 2 is 2.29 bits per heavy atom. The van der Waals surface area contributed by atoms with Crippen molar-refractivity contribution in [3.05, 3.63) is 36.5 Å². The average Bonchev–Trinajstić information content (AvgIpc) is 2.86. The Labute approximate surface area is 97.1 Å². The highest BCUT2D eigenvalue weighted by Gasteiger charge is 2.20. The molecule has 1 N–H and O–H groups in total. The molecule has 0 aliphatic rings. The maximum absolute atomic E-state index is 11.7. The summed E-state index contributed by atoms with van der Waals surface area (Å²) in [4.78, 5) is 11.5. The minimum absolute atomic E-state index is 0.0724. The van der Waals surface area contributed by atoms with Crippen LogP contribution < -0.4 is 4.72 Å². The van der Waals surface area contributed by atoms with Gasteiger partial charge >= 0.3 is 0 Å². The van der Waals surface area contributed by atoms with Gasteiger partial charge in [-0.15, -0.1) is 0 Å². The molecule has 0 unspecified atom stereocenters. The summed E-state index contributed by atoms with van der Waals surface area (Å²) in [5.74, 6) is -0.748. The monoisotopic (exact) mass is 255 g/mol. The molecular weight excluding hydrogens is 246 g/mol. The van der Waals surface area contributed by atoms with Crippen LogP contribution in [0.15, 0.2) is 40.3 Å². The molecule has 0 bridgehead atoms. The Kier molecular flexibility index (Phi) is 2.72. The lowest BCUT2D eigenvalue weighted by atomic mass is 10.3. The molecule has 2 aromatic heterocycles. The summed E-state index contributed by atoms with van der Waals surface area (Å²) in [5.41, 5.74) is 0.137. The van der Waals surface area contributed by atoms with E-state index >= 15 is 0 Å². The van der Waals surface area contributed by atoms with Crippen LogP contribution in [0.3, 0.4) is 0 Å². The zero-order chi connectivity index (χ0) is 12.5. The number of furan rings is 1. The third kappa shape index (κ3) is 2.36. The van der Waals surface area contributed by atoms with E-state index < -0.39 is 15.9 Å². The summed E-state index contributed by atoms with van der Waals surface area (Å²) in [6.45, 7) is 0. The molecule has 0 saturated heterocycles. The van der Waals surface area contributed by atoms with Crippen molar-refractivity contribution < 1.29 is 17.6 Å². The number of aromatic nitrogens is 2. The van der Waals surface area contributed by atoms with Gasteiger partial charge in [-0.3, -0.25) is 9.48 Å². The van der Waals surface area contributed by atoms with Crippen molar-refractivity contribution in [2.24, 2.45) is 7.05 Å². The molecule has 0 aliphatic carbocycles. The lowest BCUT2D eigenvalue weighted by molar-refractivity contribution is 0.0981. The van der Waals surface area contributed by atoms with Crippen molar-refractivity contribution in [1.82, 2.24) is 14.5 Å². The third-order valence-electron chi connectivity index (χ3n) is 2.00. The molecule has 8 heteroatoms. The minimum Gasteiger partial charge on any atom is -0.472 e. The second-order valence-electron chi connectivity index (χ2n) is 3.30. The van der Waals surface area contributed by atoms with E-state index in [0.717, 1.165) is 12.5 Å². The highest BCUT2D eigenvalue weighted by Crippen LogP contribution is 2.08. The fourth-order valence-corrected chi connectivity index (χ4v) is 2.13. The molecule has 90 valence electrons. The summed E-state index contributed by atoms with van der Waals surface area (Å²) >= 11 is 0. The Hall–Kier alpha value is -2.09. The predicted octanol–water partition coefficient (Wildman–Crippen LogP) is 0.132. The number of rotatable bonds is 3. The molecule has 0 aromatic carbocycles. The highest BCUT2D eigenvalue weighted by molar-refractivity contribution is 7.90. The highest BCUT2D eigenvalue weighted by atomic mass is 32.2. The molecule has 7 nitrogen and oxygen atoms in total. The number of hydrogen-bond donors (Lipinski definition) is 1. The van der Waals surface area contributed by atoms with Gasteiger partial charge in [-0.2, -0.15) is 5.10 Å². The Morgan fingerprint density at radius 1 is 1.53 bits per heavy atom. The molecule has 2 rings (SSSR count). The number of nitrogens with one attached hydrogen (secondary N) is 1. The summed E-state index contributed by atoms with van der Waals surface area (Å²) in [6, 6.07) is 1.37. The third-order valence-corrected chi connectivity index (χ3v) is 3.29. The van der Waals surface area contributed by atoms with E-state index in [4.69, 9.17) is 0 Å². The largest absolute Gasteiger partial charge is 0.472 e. The summed E-state index contributed by atoms with van der Waals surface area (Å²) < 4.78 is 31.4. The number of aryl methyl sites for hydroxylation is 1. The van der Waals surface area contributed by atoms with E-state index in [1.807, 2.05) is 4.72 Å². The Morgan fingerprint density at radius 3 is 2.82 bits per heavy atom. The number of amides is 1. The average molecular weight is 255 g/mol. The van der Waals surface area contributed by atoms with Crippen LogP contribution in [-0.2, 0) is 17.1 Å². The van der Waals surface area contributed by atoms with Gasteiger partial charge in [-0.05, 0) is 6.07 Å². The molecule has 0 radical (unpaired) electrons. The lowest BCUT2D eigenvalue weighted by Gasteiger charge is -2.02. The van der Waals surface area contributed by atoms with Crippen LogP contribution in [0.5, 0.6) is 0 Å². The molecular formula is C9H9N3O4S. The predicted molar refractivity (Wildman–Crippen MR) is 56.6 cm³/mol. The molecule has 0 spiro atoms. The summed E-state index contributed by atoms with van der Waals surface area (Å²) in [5, 5.41) is 3.72. The van der Waals surface area contributed by atoms with Gasteiger partial charge in [0.2, 0.25) is 0 Å². The van der Waals surface area contributed by atoms with Crippen LogP contribution in [0.1, 0.15) is 10.4 Å². The van der Waals surface area contributed by atoms with E-state index in [9.17, 15) is 13.2 Å². The van der Waals surface area contributed by atoms with Crippen molar-refractivity contribution in [3.63, 3.8) is 0 Å². The smallest absolute Gasteiger partial charge is 0.268 e. The molecule has 0 fully saturated rings. The maximum Gasteiger partial charge on any atom is 0.268 e. The molecule has 0 atom stereocenters. The van der Waals surface area contributed by atoms with Crippen molar-refractivity contribution in [2.45, 2.75) is 4.90 Å². The quantitative estimate of drug-likeness (QED) is 0.841. The van der Waals surface area contributed by atoms with Crippen LogP contribution in [0.2, 0.25) is 0 Å². The molecule has 2 heterocycles. The van der Waals surface area contributed by atoms with Gasteiger partial charge in [0.15, 0.2) is 0 Å². The van der Waals surface area contributed by atoms with E-state index in [0.29, 0.717) is 0 Å². The number of sulfonamides is 1. The first-order valence-corrected chi connectivity index (χ1v) is 6.05. The number of carbonyl (C=O) groups is 1. The second-order valence-corrected chi connectivity index (χ2v) is 4.98. The molecule has 0 aliphatic heterocycles. The van der Waals surface area contributed by atoms with Gasteiger partial charge in [0.05, 0.1) is 18.0 Å². The van der Waals surface area contributed by atoms with Gasteiger partial charge in [-0.1, -0.05) is 0 Å². The van der Waals surface area contributed by atoms with E-state index in [1.54, 1.807) is 7.05 Å². The van der Waals surface area contributed by atoms with Crippen molar-refractivity contribution in [3.8, 4) is 0 Å². The standard InChI is InChI=1S/C9H9N3O4S/c1-12-5-8(4-10-12)17(14,15)11-9(13)7-2-3-16-6-7/h2-6H,1H3,(H,11,13). The first kappa shape index (κ1) is 11.4. The lowest BCUT2D eigenvalue weighted by Crippen LogP contribution is -2.30. The molecule has 17 heavy (non-hydrogen) atoms. The number of nitrogens with zero attached hydrogens (tertiary/aromatic N) is 2. The van der Waals surface area contributed by atoms with Gasteiger partial charge in [0, 0.05) is 13.2 Å². The van der Waals surface area contributed by atoms with Crippen molar-refractivity contribution >= 4 is 15.9 Å². The molecule has 1 amide bonds. The first-order valence-electron chi connectivity index (χ1n) is 4.57. The van der Waals surface area contributed by atoms with Gasteiger partial charge in [0.25, 0.3) is 15.9 Å². The van der Waals surface area contributed by atoms with Crippen LogP contribution in [0.4, 0.5) is 0 Å². The minimum atomic E-state index is -3.89. The summed E-state index contributed by atoms with van der Waals surface area (Å²) in [7, 11) is -2.31. The van der Waals surface area contributed by atoms with E-state index in [2.05, 4.69) is 9.52 Å². The fourth-order valence-electron chi connectivity index (χ4n) is 1.17. The normalized spacial score (nSPS) is 11.4. The van der Waals surface area contributed by atoms with Crippen LogP contribution in [-0.4, -0.2) is 24.1 Å². The van der Waals surface area contributed by atoms with Crippen LogP contribution in [0, 0.1) is 0 Å². The first-order chi connectivity index (χ1) is 7.99. The summed E-state index contributed by atoms with van der Waals surface area (Å²) in [6.07, 6.45) is 4.90. The Balaban J connectivity index is 2.21. The second kappa shape index (κ2) is 4.06. The topological polar surface area (TPSA) is 94.2 Å². The molecule has 2 aromatic rings. The fraction of sp³-hybridized carbons (Fsp3) is 0.111. The van der Waals surface area contributed by atoms with E-state index in [1.165, 1.54) is 23.2 Å². The van der Waals surface area contributed by atoms with Gasteiger partial charge in [0.1, 0.15) is 11.2 Å². The number of hydrogen-bond acceptors (Lipinski definition) is 5. The van der Waals surface area contributed by atoms with Gasteiger partial charge < -0.3 is 4.42 Å². The number of carbonyl (C=O) groups excluding carboxylic acids is 1. The Bertz CT molecular complexity index is 627. The van der Waals surface area contributed by atoms with Crippen LogP contribution >= 0.6 is 0 Å². The maximum atomic E-state index is 11.7. The van der Waals surface area contributed by atoms with Crippen molar-refractivity contribution in [2.75, 3.05) is 0 Å². The zero-order valence-corrected chi connectivity index (χ0v) is 9.64. The SMILES string of the molecule is Cn1cc(S(=O)(=O)NC(=O)c2ccoc2)cn1. The van der Waals surface area contributed by atoms with E-state index in [-0.39, 0.29) is 10.5 Å². The zero-order valence-electron chi connectivity index (χ0n) is 8.82. The van der Waals surface area contributed by atoms with Crippen molar-refractivity contribution in [1.29, 1.82) is 0 Å². The van der Waals surface area contributed by atoms with Crippen LogP contribution in [0.25, 0.3) is 0 Å². The van der Waals surface area contributed by atoms with Gasteiger partial charge in [-0.25, -0.2) is 13.1 Å². The molecule has 0 saturated carbocycles.